The van der Waals surface area contributed by atoms with E-state index in [0.717, 1.165) is 48.4 Å². The average Bonchev–Trinajstić information content (AvgIpc) is 2.48. The first kappa shape index (κ1) is 13.7. The van der Waals surface area contributed by atoms with E-state index in [1.165, 1.54) is 0 Å². The lowest BCUT2D eigenvalue weighted by Crippen LogP contribution is -2.23. The van der Waals surface area contributed by atoms with Crippen molar-refractivity contribution in [2.45, 2.75) is 39.0 Å². The number of nitrogens with one attached hydrogen (secondary N) is 1. The summed E-state index contributed by atoms with van der Waals surface area (Å²) >= 11 is 0. The van der Waals surface area contributed by atoms with Crippen molar-refractivity contribution in [2.24, 2.45) is 0 Å². The van der Waals surface area contributed by atoms with Crippen LogP contribution in [-0.2, 0) is 4.79 Å². The molecule has 0 saturated carbocycles. The number of benzene rings is 1. The van der Waals surface area contributed by atoms with Gasteiger partial charge in [0.2, 0.25) is 0 Å². The topological polar surface area (TPSA) is 64.3 Å². The van der Waals surface area contributed by atoms with Crippen molar-refractivity contribution >= 4 is 17.2 Å². The number of hydrogen-bond acceptors (Lipinski definition) is 4. The Morgan fingerprint density at radius 3 is 3.00 bits per heavy atom. The predicted octanol–water partition coefficient (Wildman–Crippen LogP) is 3.76. The van der Waals surface area contributed by atoms with Crippen molar-refractivity contribution in [3.63, 3.8) is 0 Å². The van der Waals surface area contributed by atoms with Gasteiger partial charge < -0.3 is 15.8 Å². The van der Waals surface area contributed by atoms with Gasteiger partial charge in [-0.2, -0.15) is 0 Å². The molecule has 0 bridgehead atoms. The number of nitrogens with two attached hydrogens (primary N) is 1. The van der Waals surface area contributed by atoms with Crippen molar-refractivity contribution in [1.82, 2.24) is 0 Å². The van der Waals surface area contributed by atoms with Gasteiger partial charge in [-0.05, 0) is 31.1 Å². The summed E-state index contributed by atoms with van der Waals surface area (Å²) in [6, 6.07) is 5.51. The number of ether oxygens (including phenoxy) is 1. The van der Waals surface area contributed by atoms with E-state index in [0.29, 0.717) is 17.9 Å². The number of hydrogen-bond donors (Lipinski definition) is 2. The van der Waals surface area contributed by atoms with Crippen LogP contribution in [0.3, 0.4) is 0 Å². The van der Waals surface area contributed by atoms with Gasteiger partial charge in [0.15, 0.2) is 11.5 Å². The van der Waals surface area contributed by atoms with Gasteiger partial charge in [-0.3, -0.25) is 4.79 Å². The Labute approximate surface area is 124 Å². The van der Waals surface area contributed by atoms with E-state index in [4.69, 9.17) is 10.5 Å². The maximum absolute atomic E-state index is 12.2. The Hall–Kier alpha value is -2.23. The van der Waals surface area contributed by atoms with E-state index in [2.05, 4.69) is 12.2 Å². The third-order valence-electron chi connectivity index (χ3n) is 3.87. The van der Waals surface area contributed by atoms with E-state index in [9.17, 15) is 4.79 Å². The molecular formula is C17H20N2O2. The Balaban J connectivity index is 1.93. The first-order chi connectivity index (χ1) is 10.2. The molecule has 1 aromatic rings. The minimum absolute atomic E-state index is 0.194. The number of anilines is 2. The van der Waals surface area contributed by atoms with E-state index in [-0.39, 0.29) is 5.78 Å². The average molecular weight is 284 g/mol. The van der Waals surface area contributed by atoms with Crippen LogP contribution >= 0.6 is 0 Å². The van der Waals surface area contributed by atoms with Gasteiger partial charge in [0.05, 0.1) is 11.4 Å². The summed E-state index contributed by atoms with van der Waals surface area (Å²) in [6.45, 7) is 2.16. The highest BCUT2D eigenvalue weighted by Crippen LogP contribution is 2.39. The van der Waals surface area contributed by atoms with Gasteiger partial charge in [-0.1, -0.05) is 19.8 Å². The molecule has 0 atom stereocenters. The molecule has 4 heteroatoms. The van der Waals surface area contributed by atoms with Gasteiger partial charge in [-0.25, -0.2) is 0 Å². The predicted molar refractivity (Wildman–Crippen MR) is 84.0 cm³/mol. The SMILES string of the molecule is CCCCCC1=C2Nc3ccc(N)cc3OC2=CCC1=O. The lowest BCUT2D eigenvalue weighted by atomic mass is 9.93. The lowest BCUT2D eigenvalue weighted by molar-refractivity contribution is -0.115. The number of carbonyl (C=O) groups excluding carboxylic acids is 1. The number of allylic oxidation sites excluding steroid dienone is 2. The second kappa shape index (κ2) is 5.64. The second-order valence-electron chi connectivity index (χ2n) is 5.49. The van der Waals surface area contributed by atoms with Crippen LogP contribution in [0.5, 0.6) is 5.75 Å². The molecule has 1 aromatic carbocycles. The van der Waals surface area contributed by atoms with Crippen LogP contribution < -0.4 is 15.8 Å². The van der Waals surface area contributed by atoms with E-state index in [1.54, 1.807) is 6.07 Å². The number of rotatable bonds is 4. The molecule has 4 nitrogen and oxygen atoms in total. The summed E-state index contributed by atoms with van der Waals surface area (Å²) in [5.41, 5.74) is 9.01. The zero-order valence-corrected chi connectivity index (χ0v) is 12.2. The summed E-state index contributed by atoms with van der Waals surface area (Å²) in [5, 5.41) is 3.34. The standard InChI is InChI=1S/C17H20N2O2/c1-2-3-4-5-12-14(20)8-9-15-17(12)19-13-7-6-11(18)10-16(13)21-15/h6-7,9-10,19H,2-5,8,18H2,1H3. The highest BCUT2D eigenvalue weighted by molar-refractivity contribution is 6.00. The van der Waals surface area contributed by atoms with Gasteiger partial charge in [0, 0.05) is 23.7 Å². The fraction of sp³-hybridized carbons (Fsp3) is 0.353. The molecule has 0 spiro atoms. The molecule has 21 heavy (non-hydrogen) atoms. The number of nitrogen functional groups attached to an aromatic ring is 1. The number of ketones is 1. The monoisotopic (exact) mass is 284 g/mol. The zero-order chi connectivity index (χ0) is 14.8. The lowest BCUT2D eigenvalue weighted by Gasteiger charge is -2.28. The van der Waals surface area contributed by atoms with Gasteiger partial charge >= 0.3 is 0 Å². The van der Waals surface area contributed by atoms with Crippen LogP contribution in [0.2, 0.25) is 0 Å². The normalized spacial score (nSPS) is 16.6. The molecule has 1 aliphatic heterocycles. The second-order valence-corrected chi connectivity index (χ2v) is 5.49. The number of carbonyl (C=O) groups is 1. The molecular weight excluding hydrogens is 264 g/mol. The summed E-state index contributed by atoms with van der Waals surface area (Å²) in [7, 11) is 0. The summed E-state index contributed by atoms with van der Waals surface area (Å²) in [5.74, 6) is 1.66. The Morgan fingerprint density at radius 1 is 1.33 bits per heavy atom. The Morgan fingerprint density at radius 2 is 2.19 bits per heavy atom. The van der Waals surface area contributed by atoms with Gasteiger partial charge in [0.1, 0.15) is 5.76 Å². The minimum atomic E-state index is 0.194. The van der Waals surface area contributed by atoms with Crippen LogP contribution in [0.1, 0.15) is 39.0 Å². The fourth-order valence-corrected chi connectivity index (χ4v) is 2.72. The quantitative estimate of drug-likeness (QED) is 0.652. The molecule has 0 amide bonds. The van der Waals surface area contributed by atoms with Crippen LogP contribution in [0, 0.1) is 0 Å². The Bertz CT molecular complexity index is 644. The summed E-state index contributed by atoms with van der Waals surface area (Å²) in [6.07, 6.45) is 6.38. The molecule has 0 aromatic heterocycles. The van der Waals surface area contributed by atoms with Crippen LogP contribution in [0.4, 0.5) is 11.4 Å². The highest BCUT2D eigenvalue weighted by atomic mass is 16.5. The van der Waals surface area contributed by atoms with Crippen molar-refractivity contribution in [2.75, 3.05) is 11.1 Å². The third-order valence-corrected chi connectivity index (χ3v) is 3.87. The van der Waals surface area contributed by atoms with Crippen molar-refractivity contribution in [3.05, 3.63) is 41.3 Å². The van der Waals surface area contributed by atoms with Crippen LogP contribution in [0.25, 0.3) is 0 Å². The zero-order valence-electron chi connectivity index (χ0n) is 12.2. The smallest absolute Gasteiger partial charge is 0.164 e. The number of unbranched alkanes of at least 4 members (excludes halogenated alkanes) is 2. The van der Waals surface area contributed by atoms with Crippen LogP contribution in [0.15, 0.2) is 41.3 Å². The molecule has 110 valence electrons. The molecule has 2 aliphatic rings. The first-order valence-electron chi connectivity index (χ1n) is 7.50. The number of fused-ring (bicyclic) bond motifs is 2. The van der Waals surface area contributed by atoms with Crippen molar-refractivity contribution in [1.29, 1.82) is 0 Å². The minimum Gasteiger partial charge on any atom is -0.453 e. The molecule has 0 fully saturated rings. The summed E-state index contributed by atoms with van der Waals surface area (Å²) < 4.78 is 5.91. The van der Waals surface area contributed by atoms with Gasteiger partial charge in [0.25, 0.3) is 0 Å². The molecule has 0 saturated heterocycles. The van der Waals surface area contributed by atoms with Crippen molar-refractivity contribution < 1.29 is 9.53 Å². The third kappa shape index (κ3) is 2.66. The number of Topliss-reactive ketones (excluding diaryl/α,β-unsaturated/α-hetero) is 1. The Kier molecular flexibility index (Phi) is 3.69. The van der Waals surface area contributed by atoms with E-state index in [1.807, 2.05) is 18.2 Å². The molecule has 3 N–H and O–H groups in total. The molecule has 1 aliphatic carbocycles. The molecule has 0 radical (unpaired) electrons. The van der Waals surface area contributed by atoms with Crippen molar-refractivity contribution in [3.8, 4) is 5.75 Å². The first-order valence-corrected chi connectivity index (χ1v) is 7.50. The highest BCUT2D eigenvalue weighted by Gasteiger charge is 2.28. The maximum Gasteiger partial charge on any atom is 0.164 e. The van der Waals surface area contributed by atoms with Crippen LogP contribution in [-0.4, -0.2) is 5.78 Å². The van der Waals surface area contributed by atoms with Gasteiger partial charge in [-0.15, -0.1) is 0 Å². The fourth-order valence-electron chi connectivity index (χ4n) is 2.72. The molecule has 0 unspecified atom stereocenters. The molecule has 3 rings (SSSR count). The van der Waals surface area contributed by atoms with E-state index < -0.39 is 0 Å². The molecule has 1 heterocycles. The summed E-state index contributed by atoms with van der Waals surface area (Å²) in [4.78, 5) is 12.2. The van der Waals surface area contributed by atoms with E-state index >= 15 is 0 Å². The largest absolute Gasteiger partial charge is 0.453 e. The maximum atomic E-state index is 12.2.